The maximum atomic E-state index is 11.6. The average Bonchev–Trinajstić information content (AvgIpc) is 2.50. The summed E-state index contributed by atoms with van der Waals surface area (Å²) in [5.74, 6) is -0.0917. The van der Waals surface area contributed by atoms with E-state index >= 15 is 0 Å². The third kappa shape index (κ3) is 1.57. The van der Waals surface area contributed by atoms with Gasteiger partial charge in [0.1, 0.15) is 0 Å². The monoisotopic (exact) mass is 252 g/mol. The Kier molecular flexibility index (Phi) is 2.37. The van der Waals surface area contributed by atoms with Crippen molar-refractivity contribution in [3.8, 4) is 0 Å². The maximum Gasteiger partial charge on any atom is 0.255 e. The van der Waals surface area contributed by atoms with Crippen LogP contribution in [0.1, 0.15) is 6.92 Å². The van der Waals surface area contributed by atoms with Gasteiger partial charge in [0.2, 0.25) is 0 Å². The molecule has 1 heterocycles. The van der Waals surface area contributed by atoms with E-state index < -0.39 is 0 Å². The van der Waals surface area contributed by atoms with Crippen molar-refractivity contribution in [1.29, 1.82) is 0 Å². The molecule has 14 heavy (non-hydrogen) atoms. The van der Waals surface area contributed by atoms with Crippen molar-refractivity contribution in [3.05, 3.63) is 28.7 Å². The largest absolute Gasteiger partial charge is 0.272 e. The number of rotatable bonds is 1. The van der Waals surface area contributed by atoms with Gasteiger partial charge >= 0.3 is 0 Å². The topological polar surface area (TPSA) is 32.7 Å². The zero-order valence-corrected chi connectivity index (χ0v) is 9.23. The van der Waals surface area contributed by atoms with Gasteiger partial charge in [0.25, 0.3) is 5.91 Å². The van der Waals surface area contributed by atoms with Crippen molar-refractivity contribution in [2.24, 2.45) is 11.0 Å². The Bertz CT molecular complexity index is 386. The zero-order valence-electron chi connectivity index (χ0n) is 7.64. The van der Waals surface area contributed by atoms with Gasteiger partial charge < -0.3 is 0 Å². The van der Waals surface area contributed by atoms with Gasteiger partial charge in [0, 0.05) is 10.7 Å². The molecule has 0 saturated carbocycles. The molecule has 2 rings (SSSR count). The molecule has 0 spiro atoms. The molecule has 0 aromatic heterocycles. The van der Waals surface area contributed by atoms with Gasteiger partial charge in [-0.3, -0.25) is 4.79 Å². The second-order valence-electron chi connectivity index (χ2n) is 3.18. The Labute approximate surface area is 90.5 Å². The number of carbonyl (C=O) groups excluding carboxylic acids is 1. The van der Waals surface area contributed by atoms with E-state index in [1.54, 1.807) is 6.21 Å². The van der Waals surface area contributed by atoms with Gasteiger partial charge in [0.15, 0.2) is 0 Å². The summed E-state index contributed by atoms with van der Waals surface area (Å²) in [4.78, 5) is 11.6. The fourth-order valence-electron chi connectivity index (χ4n) is 1.26. The van der Waals surface area contributed by atoms with Crippen LogP contribution in [0.5, 0.6) is 0 Å². The van der Waals surface area contributed by atoms with E-state index in [4.69, 9.17) is 0 Å². The van der Waals surface area contributed by atoms with E-state index in [1.807, 2.05) is 31.2 Å². The summed E-state index contributed by atoms with van der Waals surface area (Å²) in [7, 11) is 0. The predicted molar refractivity (Wildman–Crippen MR) is 59.3 cm³/mol. The molecular weight excluding hydrogens is 244 g/mol. The average molecular weight is 253 g/mol. The first-order valence-electron chi connectivity index (χ1n) is 4.32. The molecule has 1 unspecified atom stereocenters. The van der Waals surface area contributed by atoms with Crippen molar-refractivity contribution < 1.29 is 4.79 Å². The Morgan fingerprint density at radius 3 is 2.50 bits per heavy atom. The molecule has 0 N–H and O–H groups in total. The molecule has 0 radical (unpaired) electrons. The highest BCUT2D eigenvalue weighted by Crippen LogP contribution is 2.22. The molecule has 3 nitrogen and oxygen atoms in total. The second kappa shape index (κ2) is 3.53. The summed E-state index contributed by atoms with van der Waals surface area (Å²) in [6.07, 6.45) is 1.66. The molecule has 0 aliphatic carbocycles. The normalized spacial score (nSPS) is 20.6. The van der Waals surface area contributed by atoms with Crippen LogP contribution in [0.3, 0.4) is 0 Å². The highest BCUT2D eigenvalue weighted by atomic mass is 79.9. The molecule has 1 aromatic rings. The van der Waals surface area contributed by atoms with Crippen molar-refractivity contribution in [2.45, 2.75) is 6.92 Å². The fourth-order valence-corrected chi connectivity index (χ4v) is 1.52. The molecule has 4 heteroatoms. The van der Waals surface area contributed by atoms with Crippen molar-refractivity contribution in [2.75, 3.05) is 5.01 Å². The predicted octanol–water partition coefficient (Wildman–Crippen LogP) is 2.42. The maximum absolute atomic E-state index is 11.6. The molecule has 0 fully saturated rings. The standard InChI is InChI=1S/C10H9BrN2O/c1-7-6-12-13(10(7)14)9-4-2-8(11)3-5-9/h2-7H,1H3. The first kappa shape index (κ1) is 9.40. The minimum absolute atomic E-state index is 0.0207. The van der Waals surface area contributed by atoms with Crippen LogP contribution in [0.2, 0.25) is 0 Å². The van der Waals surface area contributed by atoms with Crippen LogP contribution in [0.15, 0.2) is 33.8 Å². The summed E-state index contributed by atoms with van der Waals surface area (Å²) in [5.41, 5.74) is 0.804. The lowest BCUT2D eigenvalue weighted by atomic mass is 10.2. The summed E-state index contributed by atoms with van der Waals surface area (Å²) in [6, 6.07) is 7.50. The highest BCUT2D eigenvalue weighted by Gasteiger charge is 2.25. The van der Waals surface area contributed by atoms with Crippen LogP contribution in [0.4, 0.5) is 5.69 Å². The van der Waals surface area contributed by atoms with E-state index in [1.165, 1.54) is 5.01 Å². The van der Waals surface area contributed by atoms with Gasteiger partial charge in [-0.2, -0.15) is 5.10 Å². The van der Waals surface area contributed by atoms with E-state index in [0.29, 0.717) is 0 Å². The summed E-state index contributed by atoms with van der Waals surface area (Å²) < 4.78 is 0.991. The molecule has 0 saturated heterocycles. The number of anilines is 1. The van der Waals surface area contributed by atoms with Crippen LogP contribution >= 0.6 is 15.9 Å². The van der Waals surface area contributed by atoms with E-state index in [-0.39, 0.29) is 11.8 Å². The zero-order chi connectivity index (χ0) is 10.1. The lowest BCUT2D eigenvalue weighted by Gasteiger charge is -2.12. The third-order valence-corrected chi connectivity index (χ3v) is 2.60. The van der Waals surface area contributed by atoms with Crippen LogP contribution in [0.25, 0.3) is 0 Å². The van der Waals surface area contributed by atoms with Gasteiger partial charge in [-0.25, -0.2) is 5.01 Å². The van der Waals surface area contributed by atoms with Crippen LogP contribution < -0.4 is 5.01 Å². The Hall–Kier alpha value is -1.16. The second-order valence-corrected chi connectivity index (χ2v) is 4.10. The number of hydrogen-bond donors (Lipinski definition) is 0. The third-order valence-electron chi connectivity index (χ3n) is 2.08. The molecule has 1 aliphatic heterocycles. The molecule has 1 aliphatic rings. The van der Waals surface area contributed by atoms with Crippen LogP contribution in [0, 0.1) is 5.92 Å². The Morgan fingerprint density at radius 2 is 2.00 bits per heavy atom. The number of carbonyl (C=O) groups is 1. The SMILES string of the molecule is CC1C=NN(c2ccc(Br)cc2)C1=O. The van der Waals surface area contributed by atoms with Crippen molar-refractivity contribution in [1.82, 2.24) is 0 Å². The first-order chi connectivity index (χ1) is 6.68. The molecule has 1 aromatic carbocycles. The van der Waals surface area contributed by atoms with E-state index in [0.717, 1.165) is 10.2 Å². The molecule has 72 valence electrons. The number of benzene rings is 1. The number of amides is 1. The Balaban J connectivity index is 2.29. The minimum atomic E-state index is -0.112. The molecule has 1 amide bonds. The minimum Gasteiger partial charge on any atom is -0.272 e. The molecule has 1 atom stereocenters. The number of hydrazone groups is 1. The van der Waals surface area contributed by atoms with E-state index in [2.05, 4.69) is 21.0 Å². The highest BCUT2D eigenvalue weighted by molar-refractivity contribution is 9.10. The van der Waals surface area contributed by atoms with Crippen LogP contribution in [-0.2, 0) is 4.79 Å². The number of halogens is 1. The first-order valence-corrected chi connectivity index (χ1v) is 5.11. The summed E-state index contributed by atoms with van der Waals surface area (Å²) in [6.45, 7) is 1.84. The van der Waals surface area contributed by atoms with Gasteiger partial charge in [-0.15, -0.1) is 0 Å². The Morgan fingerprint density at radius 1 is 1.36 bits per heavy atom. The van der Waals surface area contributed by atoms with Gasteiger partial charge in [-0.05, 0) is 31.2 Å². The lowest BCUT2D eigenvalue weighted by molar-refractivity contribution is -0.119. The fraction of sp³-hybridized carbons (Fsp3) is 0.200. The van der Waals surface area contributed by atoms with E-state index in [9.17, 15) is 4.79 Å². The molecule has 0 bridgehead atoms. The van der Waals surface area contributed by atoms with Crippen molar-refractivity contribution >= 4 is 33.7 Å². The van der Waals surface area contributed by atoms with Crippen LogP contribution in [-0.4, -0.2) is 12.1 Å². The summed E-state index contributed by atoms with van der Waals surface area (Å²) in [5, 5.41) is 5.47. The smallest absolute Gasteiger partial charge is 0.255 e. The number of hydrogen-bond acceptors (Lipinski definition) is 2. The van der Waals surface area contributed by atoms with Gasteiger partial charge in [0.05, 0.1) is 11.6 Å². The van der Waals surface area contributed by atoms with Gasteiger partial charge in [-0.1, -0.05) is 15.9 Å². The lowest BCUT2D eigenvalue weighted by Crippen LogP contribution is -2.24. The molecular formula is C10H9BrN2O. The quantitative estimate of drug-likeness (QED) is 0.756. The summed E-state index contributed by atoms with van der Waals surface area (Å²) >= 11 is 3.34. The van der Waals surface area contributed by atoms with Crippen molar-refractivity contribution in [3.63, 3.8) is 0 Å². The number of nitrogens with zero attached hydrogens (tertiary/aromatic N) is 2.